The van der Waals surface area contributed by atoms with Gasteiger partial charge in [-0.05, 0) is 49.0 Å². The molecule has 0 aliphatic heterocycles. The minimum atomic E-state index is -3.77. The van der Waals surface area contributed by atoms with Crippen LogP contribution in [0.3, 0.4) is 0 Å². The summed E-state index contributed by atoms with van der Waals surface area (Å²) >= 11 is 6.36. The molecule has 0 bridgehead atoms. The second kappa shape index (κ2) is 9.88. The minimum absolute atomic E-state index is 0.0150. The Bertz CT molecular complexity index is 900. The third-order valence-electron chi connectivity index (χ3n) is 4.41. The second-order valence-corrected chi connectivity index (χ2v) is 8.13. The minimum Gasteiger partial charge on any atom is -0.336 e. The third-order valence-corrected chi connectivity index (χ3v) is 5.69. The van der Waals surface area contributed by atoms with E-state index in [0.29, 0.717) is 17.3 Å². The number of carbonyl (C=O) groups excluding carboxylic acids is 1. The van der Waals surface area contributed by atoms with Crippen LogP contribution in [0.1, 0.15) is 25.5 Å². The van der Waals surface area contributed by atoms with Gasteiger partial charge in [-0.3, -0.25) is 4.90 Å². The van der Waals surface area contributed by atoms with Crippen LogP contribution in [0.2, 0.25) is 5.02 Å². The molecule has 0 fully saturated rings. The van der Waals surface area contributed by atoms with Crippen molar-refractivity contribution < 1.29 is 13.2 Å². The smallest absolute Gasteiger partial charge is 0.319 e. The number of nitrogens with two attached hydrogens (primary N) is 1. The fraction of sp³-hybridized carbons (Fsp3) is 0.316. The van der Waals surface area contributed by atoms with E-state index in [1.165, 1.54) is 24.3 Å². The summed E-state index contributed by atoms with van der Waals surface area (Å²) in [5.41, 5.74) is 1.41. The zero-order valence-corrected chi connectivity index (χ0v) is 17.4. The summed E-state index contributed by atoms with van der Waals surface area (Å²) in [4.78, 5) is 14.5. The fourth-order valence-electron chi connectivity index (χ4n) is 2.94. The number of rotatable bonds is 8. The Morgan fingerprint density at radius 3 is 2.25 bits per heavy atom. The highest BCUT2D eigenvalue weighted by Crippen LogP contribution is 2.27. The molecule has 1 unspecified atom stereocenters. The highest BCUT2D eigenvalue weighted by molar-refractivity contribution is 7.89. The topological polar surface area (TPSA) is 105 Å². The molecule has 0 saturated heterocycles. The predicted octanol–water partition coefficient (Wildman–Crippen LogP) is 3.19. The number of carbonyl (C=O) groups is 1. The van der Waals surface area contributed by atoms with E-state index in [1.54, 1.807) is 0 Å². The number of primary sulfonamides is 1. The van der Waals surface area contributed by atoms with Crippen LogP contribution < -0.4 is 15.8 Å². The molecule has 0 spiro atoms. The van der Waals surface area contributed by atoms with Gasteiger partial charge in [0.2, 0.25) is 10.0 Å². The van der Waals surface area contributed by atoms with E-state index >= 15 is 0 Å². The van der Waals surface area contributed by atoms with Crippen LogP contribution in [0.4, 0.5) is 10.5 Å². The van der Waals surface area contributed by atoms with Gasteiger partial charge in [-0.15, -0.1) is 0 Å². The molecule has 2 amide bonds. The Kier molecular flexibility index (Phi) is 7.82. The quantitative estimate of drug-likeness (QED) is 0.605. The van der Waals surface area contributed by atoms with Crippen LogP contribution in [0, 0.1) is 0 Å². The van der Waals surface area contributed by atoms with Gasteiger partial charge < -0.3 is 10.6 Å². The lowest BCUT2D eigenvalue weighted by Gasteiger charge is -2.30. The van der Waals surface area contributed by atoms with Gasteiger partial charge in [-0.2, -0.15) is 0 Å². The first-order valence-electron chi connectivity index (χ1n) is 8.92. The Hall–Kier alpha value is -2.13. The standard InChI is InChI=1S/C19H25ClN4O3S/c1-3-24(4-2)18(16-7-5-6-8-17(16)20)13-22-19(25)23-14-9-11-15(12-10-14)28(21,26)27/h5-12,18H,3-4,13H2,1-2H3,(H2,21,26,27)(H2,22,23,25). The number of benzene rings is 2. The average Bonchev–Trinajstić information content (AvgIpc) is 2.65. The first kappa shape index (κ1) is 22.2. The highest BCUT2D eigenvalue weighted by Gasteiger charge is 2.21. The number of nitrogens with one attached hydrogen (secondary N) is 2. The van der Waals surface area contributed by atoms with Gasteiger partial charge in [-0.1, -0.05) is 43.6 Å². The Labute approximate surface area is 170 Å². The van der Waals surface area contributed by atoms with Crippen molar-refractivity contribution in [1.82, 2.24) is 10.2 Å². The normalized spacial score (nSPS) is 12.6. The zero-order chi connectivity index (χ0) is 20.7. The molecule has 28 heavy (non-hydrogen) atoms. The van der Waals surface area contributed by atoms with E-state index in [1.807, 2.05) is 24.3 Å². The number of likely N-dealkylation sites (N-methyl/N-ethyl adjacent to an activating group) is 1. The number of anilines is 1. The summed E-state index contributed by atoms with van der Waals surface area (Å²) in [6.45, 7) is 6.10. The van der Waals surface area contributed by atoms with Gasteiger partial charge in [-0.25, -0.2) is 18.4 Å². The molecule has 7 nitrogen and oxygen atoms in total. The number of amides is 2. The second-order valence-electron chi connectivity index (χ2n) is 6.16. The summed E-state index contributed by atoms with van der Waals surface area (Å²) in [5.74, 6) is 0. The molecule has 0 radical (unpaired) electrons. The van der Waals surface area contributed by atoms with E-state index in [0.717, 1.165) is 18.7 Å². The van der Waals surface area contributed by atoms with Crippen molar-refractivity contribution in [3.05, 3.63) is 59.1 Å². The largest absolute Gasteiger partial charge is 0.336 e. The van der Waals surface area contributed by atoms with Crippen LogP contribution in [0.15, 0.2) is 53.4 Å². The maximum absolute atomic E-state index is 12.3. The first-order valence-corrected chi connectivity index (χ1v) is 10.8. The molecule has 0 aliphatic carbocycles. The van der Waals surface area contributed by atoms with Crippen molar-refractivity contribution in [3.63, 3.8) is 0 Å². The summed E-state index contributed by atoms with van der Waals surface area (Å²) in [7, 11) is -3.77. The van der Waals surface area contributed by atoms with Crippen LogP contribution in [0.25, 0.3) is 0 Å². The molecule has 152 valence electrons. The Balaban J connectivity index is 2.06. The van der Waals surface area contributed by atoms with E-state index in [2.05, 4.69) is 29.4 Å². The fourth-order valence-corrected chi connectivity index (χ4v) is 3.72. The molecule has 1 atom stereocenters. The lowest BCUT2D eigenvalue weighted by molar-refractivity contribution is 0.210. The third kappa shape index (κ3) is 5.93. The van der Waals surface area contributed by atoms with Gasteiger partial charge in [0.05, 0.1) is 10.9 Å². The molecule has 0 aromatic heterocycles. The maximum atomic E-state index is 12.3. The van der Waals surface area contributed by atoms with Crippen molar-refractivity contribution in [2.24, 2.45) is 5.14 Å². The predicted molar refractivity (Wildman–Crippen MR) is 112 cm³/mol. The Morgan fingerprint density at radius 1 is 1.11 bits per heavy atom. The molecule has 0 aliphatic rings. The molecule has 9 heteroatoms. The van der Waals surface area contributed by atoms with Crippen LogP contribution >= 0.6 is 11.6 Å². The maximum Gasteiger partial charge on any atom is 0.319 e. The molecule has 2 aromatic rings. The van der Waals surface area contributed by atoms with E-state index in [-0.39, 0.29) is 10.9 Å². The van der Waals surface area contributed by atoms with Crippen LogP contribution in [-0.2, 0) is 10.0 Å². The number of hydrogen-bond donors (Lipinski definition) is 3. The summed E-state index contributed by atoms with van der Waals surface area (Å²) in [6, 6.07) is 12.8. The molecular weight excluding hydrogens is 400 g/mol. The average molecular weight is 425 g/mol. The van der Waals surface area contributed by atoms with Crippen molar-refractivity contribution in [1.29, 1.82) is 0 Å². The number of urea groups is 1. The van der Waals surface area contributed by atoms with Crippen LogP contribution in [0.5, 0.6) is 0 Å². The number of nitrogens with zero attached hydrogens (tertiary/aromatic N) is 1. The van der Waals surface area contributed by atoms with Crippen LogP contribution in [-0.4, -0.2) is 39.0 Å². The molecule has 0 saturated carbocycles. The van der Waals surface area contributed by atoms with Crippen molar-refractivity contribution in [3.8, 4) is 0 Å². The van der Waals surface area contributed by atoms with Gasteiger partial charge in [0.25, 0.3) is 0 Å². The molecule has 2 aromatic carbocycles. The summed E-state index contributed by atoms with van der Waals surface area (Å²) in [5, 5.41) is 11.3. The van der Waals surface area contributed by atoms with Gasteiger partial charge >= 0.3 is 6.03 Å². The molecular formula is C19H25ClN4O3S. The van der Waals surface area contributed by atoms with Crippen molar-refractivity contribution >= 4 is 33.3 Å². The van der Waals surface area contributed by atoms with Gasteiger partial charge in [0.15, 0.2) is 0 Å². The SMILES string of the molecule is CCN(CC)C(CNC(=O)Nc1ccc(S(N)(=O)=O)cc1)c1ccccc1Cl. The monoisotopic (exact) mass is 424 g/mol. The highest BCUT2D eigenvalue weighted by atomic mass is 35.5. The zero-order valence-electron chi connectivity index (χ0n) is 15.9. The molecule has 0 heterocycles. The van der Waals surface area contributed by atoms with Gasteiger partial charge in [0.1, 0.15) is 0 Å². The van der Waals surface area contributed by atoms with E-state index in [4.69, 9.17) is 16.7 Å². The lowest BCUT2D eigenvalue weighted by Crippen LogP contribution is -2.39. The Morgan fingerprint density at radius 2 is 1.71 bits per heavy atom. The number of hydrogen-bond acceptors (Lipinski definition) is 4. The first-order chi connectivity index (χ1) is 13.3. The molecule has 4 N–H and O–H groups in total. The summed E-state index contributed by atoms with van der Waals surface area (Å²) in [6.07, 6.45) is 0. The lowest BCUT2D eigenvalue weighted by atomic mass is 10.0. The number of sulfonamides is 1. The number of halogens is 1. The van der Waals surface area contributed by atoms with Crippen molar-refractivity contribution in [2.75, 3.05) is 25.0 Å². The summed E-state index contributed by atoms with van der Waals surface area (Å²) < 4.78 is 22.6. The van der Waals surface area contributed by atoms with E-state index < -0.39 is 16.1 Å². The molecule has 2 rings (SSSR count). The van der Waals surface area contributed by atoms with Crippen molar-refractivity contribution in [2.45, 2.75) is 24.8 Å². The van der Waals surface area contributed by atoms with Gasteiger partial charge in [0, 0.05) is 17.3 Å². The van der Waals surface area contributed by atoms with E-state index in [9.17, 15) is 13.2 Å².